The largest absolute Gasteiger partial charge is 0.498 e. The van der Waals surface area contributed by atoms with Gasteiger partial charge in [0.2, 0.25) is 0 Å². The molecule has 0 saturated carbocycles. The summed E-state index contributed by atoms with van der Waals surface area (Å²) in [5, 5.41) is 0. The lowest BCUT2D eigenvalue weighted by Gasteiger charge is -2.03. The van der Waals surface area contributed by atoms with Crippen LogP contribution >= 0.6 is 0 Å². The molecule has 0 atom stereocenters. The monoisotopic (exact) mass is 230 g/mol. The molecule has 2 rings (SSSR count). The van der Waals surface area contributed by atoms with E-state index in [4.69, 9.17) is 9.47 Å². The Bertz CT molecular complexity index is 483. The number of ether oxygens (including phenoxy) is 2. The van der Waals surface area contributed by atoms with Crippen LogP contribution in [0, 0.1) is 0 Å². The van der Waals surface area contributed by atoms with Crippen LogP contribution in [-0.2, 0) is 14.3 Å². The van der Waals surface area contributed by atoms with Gasteiger partial charge in [0.25, 0.3) is 0 Å². The van der Waals surface area contributed by atoms with Crippen molar-refractivity contribution in [1.82, 2.24) is 0 Å². The third-order valence-electron chi connectivity index (χ3n) is 2.50. The first-order chi connectivity index (χ1) is 8.22. The number of rotatable bonds is 3. The molecule has 0 N–H and O–H groups in total. The molecular weight excluding hydrogens is 216 g/mol. The Labute approximate surface area is 100 Å². The highest BCUT2D eigenvalue weighted by Gasteiger charge is 2.24. The van der Waals surface area contributed by atoms with E-state index >= 15 is 0 Å². The maximum atomic E-state index is 11.7. The van der Waals surface area contributed by atoms with E-state index in [1.54, 1.807) is 13.0 Å². The van der Waals surface area contributed by atoms with E-state index < -0.39 is 0 Å². The standard InChI is InChI=1S/C14H14O3/c1-3-16-10(2)12-9-13(17-14(12)15)11-7-5-4-6-8-11/h4-9H,3H2,1-2H3. The highest BCUT2D eigenvalue weighted by atomic mass is 16.5. The highest BCUT2D eigenvalue weighted by Crippen LogP contribution is 2.27. The third kappa shape index (κ3) is 2.38. The molecule has 17 heavy (non-hydrogen) atoms. The van der Waals surface area contributed by atoms with Crippen molar-refractivity contribution >= 4 is 11.7 Å². The fraction of sp³-hybridized carbons (Fsp3) is 0.214. The van der Waals surface area contributed by atoms with E-state index in [2.05, 4.69) is 0 Å². The molecule has 1 heterocycles. The molecule has 1 aromatic carbocycles. The maximum absolute atomic E-state index is 11.7. The Hall–Kier alpha value is -2.03. The van der Waals surface area contributed by atoms with Crippen LogP contribution < -0.4 is 0 Å². The quantitative estimate of drug-likeness (QED) is 0.455. The SMILES string of the molecule is CCOC(C)=C1C=C(c2ccccc2)OC1=O. The first-order valence-corrected chi connectivity index (χ1v) is 5.55. The second kappa shape index (κ2) is 4.87. The zero-order chi connectivity index (χ0) is 12.3. The van der Waals surface area contributed by atoms with Gasteiger partial charge in [-0.1, -0.05) is 30.3 Å². The van der Waals surface area contributed by atoms with Crippen molar-refractivity contribution in [1.29, 1.82) is 0 Å². The second-order valence-corrected chi connectivity index (χ2v) is 3.67. The number of hydrogen-bond donors (Lipinski definition) is 0. The van der Waals surface area contributed by atoms with E-state index in [0.717, 1.165) is 5.56 Å². The fourth-order valence-corrected chi connectivity index (χ4v) is 1.66. The van der Waals surface area contributed by atoms with Crippen LogP contribution in [0.1, 0.15) is 19.4 Å². The minimum absolute atomic E-state index is 0.352. The number of benzene rings is 1. The van der Waals surface area contributed by atoms with Gasteiger partial charge in [-0.3, -0.25) is 0 Å². The first-order valence-electron chi connectivity index (χ1n) is 5.55. The van der Waals surface area contributed by atoms with Gasteiger partial charge >= 0.3 is 5.97 Å². The van der Waals surface area contributed by atoms with Crippen LogP contribution in [0.4, 0.5) is 0 Å². The van der Waals surface area contributed by atoms with Gasteiger partial charge in [-0.05, 0) is 19.9 Å². The van der Waals surface area contributed by atoms with Gasteiger partial charge < -0.3 is 9.47 Å². The van der Waals surface area contributed by atoms with Crippen molar-refractivity contribution in [2.24, 2.45) is 0 Å². The third-order valence-corrected chi connectivity index (χ3v) is 2.50. The number of hydrogen-bond acceptors (Lipinski definition) is 3. The predicted octanol–water partition coefficient (Wildman–Crippen LogP) is 2.89. The summed E-state index contributed by atoms with van der Waals surface area (Å²) in [4.78, 5) is 11.7. The lowest BCUT2D eigenvalue weighted by Crippen LogP contribution is -2.01. The Morgan fingerprint density at radius 3 is 2.65 bits per heavy atom. The molecule has 1 aliphatic heterocycles. The van der Waals surface area contributed by atoms with Crippen LogP contribution in [0.2, 0.25) is 0 Å². The number of allylic oxidation sites excluding steroid dienone is 1. The minimum atomic E-state index is -0.352. The summed E-state index contributed by atoms with van der Waals surface area (Å²) in [6, 6.07) is 9.53. The average Bonchev–Trinajstić information content (AvgIpc) is 2.73. The van der Waals surface area contributed by atoms with Crippen molar-refractivity contribution in [3.63, 3.8) is 0 Å². The van der Waals surface area contributed by atoms with Gasteiger partial charge in [0, 0.05) is 5.56 Å². The predicted molar refractivity (Wildman–Crippen MR) is 64.8 cm³/mol. The van der Waals surface area contributed by atoms with Gasteiger partial charge in [0.05, 0.1) is 6.61 Å². The van der Waals surface area contributed by atoms with Gasteiger partial charge in [0.15, 0.2) is 0 Å². The highest BCUT2D eigenvalue weighted by molar-refractivity contribution is 6.01. The Morgan fingerprint density at radius 1 is 1.29 bits per heavy atom. The van der Waals surface area contributed by atoms with Crippen LogP contribution in [0.25, 0.3) is 5.76 Å². The van der Waals surface area contributed by atoms with E-state index in [-0.39, 0.29) is 5.97 Å². The molecule has 1 aliphatic rings. The Morgan fingerprint density at radius 2 is 2.00 bits per heavy atom. The molecule has 0 radical (unpaired) electrons. The molecule has 3 nitrogen and oxygen atoms in total. The van der Waals surface area contributed by atoms with Crippen molar-refractivity contribution in [2.45, 2.75) is 13.8 Å². The summed E-state index contributed by atoms with van der Waals surface area (Å²) in [7, 11) is 0. The first kappa shape index (κ1) is 11.5. The van der Waals surface area contributed by atoms with Gasteiger partial charge in [0.1, 0.15) is 17.1 Å². The van der Waals surface area contributed by atoms with Crippen molar-refractivity contribution < 1.29 is 14.3 Å². The summed E-state index contributed by atoms with van der Waals surface area (Å²) < 4.78 is 10.5. The average molecular weight is 230 g/mol. The van der Waals surface area contributed by atoms with Crippen molar-refractivity contribution in [2.75, 3.05) is 6.61 Å². The number of esters is 1. The molecule has 0 aliphatic carbocycles. The number of carbonyl (C=O) groups is 1. The van der Waals surface area contributed by atoms with Crippen LogP contribution in [0.3, 0.4) is 0 Å². The molecule has 88 valence electrons. The summed E-state index contributed by atoms with van der Waals surface area (Å²) in [5.41, 5.74) is 1.38. The summed E-state index contributed by atoms with van der Waals surface area (Å²) in [5.74, 6) is 0.822. The van der Waals surface area contributed by atoms with E-state index in [1.165, 1.54) is 0 Å². The Balaban J connectivity index is 2.32. The molecule has 0 amide bonds. The maximum Gasteiger partial charge on any atom is 0.347 e. The lowest BCUT2D eigenvalue weighted by molar-refractivity contribution is -0.131. The molecular formula is C14H14O3. The van der Waals surface area contributed by atoms with Gasteiger partial charge in [-0.25, -0.2) is 4.79 Å². The second-order valence-electron chi connectivity index (χ2n) is 3.67. The number of carbonyl (C=O) groups excluding carboxylic acids is 1. The topological polar surface area (TPSA) is 35.5 Å². The smallest absolute Gasteiger partial charge is 0.347 e. The van der Waals surface area contributed by atoms with E-state index in [1.807, 2.05) is 37.3 Å². The molecule has 0 aromatic heterocycles. The summed E-state index contributed by atoms with van der Waals surface area (Å²) in [6.45, 7) is 4.19. The molecule has 0 fully saturated rings. The van der Waals surface area contributed by atoms with Crippen LogP contribution in [0.15, 0.2) is 47.7 Å². The molecule has 0 saturated heterocycles. The van der Waals surface area contributed by atoms with Gasteiger partial charge in [-0.15, -0.1) is 0 Å². The normalized spacial score (nSPS) is 17.5. The fourth-order valence-electron chi connectivity index (χ4n) is 1.66. The van der Waals surface area contributed by atoms with E-state index in [9.17, 15) is 4.79 Å². The van der Waals surface area contributed by atoms with Gasteiger partial charge in [-0.2, -0.15) is 0 Å². The zero-order valence-corrected chi connectivity index (χ0v) is 9.90. The minimum Gasteiger partial charge on any atom is -0.498 e. The van der Waals surface area contributed by atoms with Crippen molar-refractivity contribution in [3.05, 3.63) is 53.3 Å². The molecule has 1 aromatic rings. The van der Waals surface area contributed by atoms with Crippen LogP contribution in [0.5, 0.6) is 0 Å². The molecule has 3 heteroatoms. The molecule has 0 bridgehead atoms. The number of cyclic esters (lactones) is 1. The lowest BCUT2D eigenvalue weighted by atomic mass is 10.1. The van der Waals surface area contributed by atoms with Crippen molar-refractivity contribution in [3.8, 4) is 0 Å². The molecule has 0 spiro atoms. The summed E-state index contributed by atoms with van der Waals surface area (Å²) >= 11 is 0. The summed E-state index contributed by atoms with van der Waals surface area (Å²) in [6.07, 6.45) is 1.72. The zero-order valence-electron chi connectivity index (χ0n) is 9.90. The molecule has 0 unspecified atom stereocenters. The Kier molecular flexibility index (Phi) is 3.28. The van der Waals surface area contributed by atoms with E-state index in [0.29, 0.717) is 23.7 Å². The van der Waals surface area contributed by atoms with Crippen LogP contribution in [-0.4, -0.2) is 12.6 Å².